The van der Waals surface area contributed by atoms with E-state index in [0.717, 1.165) is 79.6 Å². The molecule has 0 atom stereocenters. The van der Waals surface area contributed by atoms with Gasteiger partial charge in [0.1, 0.15) is 11.4 Å². The molecule has 0 N–H and O–H groups in total. The molecule has 35 heavy (non-hydrogen) atoms. The molecule has 1 aromatic heterocycles. The van der Waals surface area contributed by atoms with Crippen LogP contribution in [0, 0.1) is 0 Å². The molecular formula is C29H38N2O3Si. The fraction of sp³-hybridized carbons (Fsp3) is 0.483. The van der Waals surface area contributed by atoms with Crippen LogP contribution in [0.2, 0.25) is 18.1 Å². The van der Waals surface area contributed by atoms with Gasteiger partial charge < -0.3 is 13.7 Å². The summed E-state index contributed by atoms with van der Waals surface area (Å²) in [5, 5.41) is 4.81. The average molecular weight is 491 g/mol. The summed E-state index contributed by atoms with van der Waals surface area (Å²) < 4.78 is 18.3. The number of benzene rings is 2. The number of nitrogens with zero attached hydrogens (tertiary/aromatic N) is 2. The molecule has 1 saturated heterocycles. The normalized spacial score (nSPS) is 18.4. The zero-order chi connectivity index (χ0) is 24.7. The summed E-state index contributed by atoms with van der Waals surface area (Å²) in [5.74, 6) is 1.96. The van der Waals surface area contributed by atoms with E-state index < -0.39 is 8.32 Å². The molecule has 5 nitrogen and oxygen atoms in total. The number of hydrogen-bond acceptors (Lipinski definition) is 5. The minimum atomic E-state index is -1.89. The second kappa shape index (κ2) is 9.23. The van der Waals surface area contributed by atoms with Crippen molar-refractivity contribution in [3.63, 3.8) is 0 Å². The molecule has 0 amide bonds. The summed E-state index contributed by atoms with van der Waals surface area (Å²) in [6.45, 7) is 16.0. The van der Waals surface area contributed by atoms with E-state index in [0.29, 0.717) is 0 Å². The Hall–Kier alpha value is -2.41. The van der Waals surface area contributed by atoms with Gasteiger partial charge in [-0.2, -0.15) is 0 Å². The second-order valence-electron chi connectivity index (χ2n) is 11.7. The zero-order valence-electron chi connectivity index (χ0n) is 21.8. The van der Waals surface area contributed by atoms with Gasteiger partial charge in [0.2, 0.25) is 8.32 Å². The van der Waals surface area contributed by atoms with Crippen LogP contribution < -0.4 is 4.43 Å². The van der Waals surface area contributed by atoms with Crippen LogP contribution in [0.4, 0.5) is 0 Å². The number of hydrogen-bond donors (Lipinski definition) is 0. The first kappa shape index (κ1) is 24.3. The lowest BCUT2D eigenvalue weighted by molar-refractivity contribution is 0.0322. The Morgan fingerprint density at radius 2 is 1.60 bits per heavy atom. The van der Waals surface area contributed by atoms with Crippen molar-refractivity contribution in [1.29, 1.82) is 0 Å². The maximum atomic E-state index is 6.51. The van der Waals surface area contributed by atoms with Crippen LogP contribution in [-0.4, -0.2) is 51.2 Å². The number of morpholine rings is 1. The van der Waals surface area contributed by atoms with Crippen LogP contribution in [0.5, 0.6) is 5.75 Å². The quantitative estimate of drug-likeness (QED) is 0.343. The molecule has 0 spiro atoms. The van der Waals surface area contributed by atoms with E-state index in [2.05, 4.69) is 98.5 Å². The molecule has 1 aliphatic carbocycles. The SMILES string of the molecule is CC(C)(C)[Si](C)(C)Oc1ccc(-c2noc(C3(CN4CCOCC4)CC3)c2-c2ccccc2)cc1. The highest BCUT2D eigenvalue weighted by Gasteiger charge is 2.51. The van der Waals surface area contributed by atoms with Gasteiger partial charge in [0, 0.05) is 30.6 Å². The maximum Gasteiger partial charge on any atom is 0.250 e. The minimum absolute atomic E-state index is 0.0408. The summed E-state index contributed by atoms with van der Waals surface area (Å²) in [4.78, 5) is 2.51. The average Bonchev–Trinajstić information content (AvgIpc) is 3.46. The molecule has 0 unspecified atom stereocenters. The third-order valence-electron chi connectivity index (χ3n) is 8.03. The highest BCUT2D eigenvalue weighted by atomic mass is 28.4. The second-order valence-corrected chi connectivity index (χ2v) is 16.4. The van der Waals surface area contributed by atoms with Gasteiger partial charge in [-0.15, -0.1) is 0 Å². The third-order valence-corrected chi connectivity index (χ3v) is 12.4. The number of aromatic nitrogens is 1. The lowest BCUT2D eigenvalue weighted by atomic mass is 9.91. The topological polar surface area (TPSA) is 47.7 Å². The fourth-order valence-electron chi connectivity index (χ4n) is 4.65. The van der Waals surface area contributed by atoms with Gasteiger partial charge in [-0.25, -0.2) is 0 Å². The van der Waals surface area contributed by atoms with Crippen molar-refractivity contribution < 1.29 is 13.7 Å². The monoisotopic (exact) mass is 490 g/mol. The molecule has 186 valence electrons. The molecule has 0 bridgehead atoms. The smallest absolute Gasteiger partial charge is 0.250 e. The molecule has 3 aromatic rings. The molecule has 2 aliphatic rings. The highest BCUT2D eigenvalue weighted by Crippen LogP contribution is 2.53. The van der Waals surface area contributed by atoms with E-state index in [4.69, 9.17) is 13.7 Å². The van der Waals surface area contributed by atoms with Gasteiger partial charge in [-0.05, 0) is 60.8 Å². The maximum absolute atomic E-state index is 6.51. The summed E-state index contributed by atoms with van der Waals surface area (Å²) in [5.41, 5.74) is 4.31. The summed E-state index contributed by atoms with van der Waals surface area (Å²) >= 11 is 0. The van der Waals surface area contributed by atoms with Gasteiger partial charge in [0.05, 0.1) is 18.8 Å². The molecule has 6 heteroatoms. The van der Waals surface area contributed by atoms with Crippen molar-refractivity contribution in [2.24, 2.45) is 0 Å². The van der Waals surface area contributed by atoms with E-state index in [-0.39, 0.29) is 10.5 Å². The standard InChI is InChI=1S/C29H38N2O3Si/c1-28(2,3)35(4,5)34-24-13-11-23(12-14-24)26-25(22-9-7-6-8-10-22)27(33-30-26)29(15-16-29)21-31-17-19-32-20-18-31/h6-14H,15-21H2,1-5H3. The van der Waals surface area contributed by atoms with Crippen LogP contribution in [0.1, 0.15) is 39.4 Å². The van der Waals surface area contributed by atoms with Crippen LogP contribution in [0.15, 0.2) is 59.1 Å². The van der Waals surface area contributed by atoms with Gasteiger partial charge in [-0.1, -0.05) is 56.3 Å². The van der Waals surface area contributed by atoms with Crippen LogP contribution in [-0.2, 0) is 10.2 Å². The fourth-order valence-corrected chi connectivity index (χ4v) is 5.68. The van der Waals surface area contributed by atoms with E-state index in [1.807, 2.05) is 0 Å². The summed E-state index contributed by atoms with van der Waals surface area (Å²) in [6, 6.07) is 19.0. The van der Waals surface area contributed by atoms with E-state index in [9.17, 15) is 0 Å². The first-order chi connectivity index (χ1) is 16.7. The Morgan fingerprint density at radius 3 is 2.20 bits per heavy atom. The van der Waals surface area contributed by atoms with Crippen molar-refractivity contribution in [3.05, 3.63) is 60.4 Å². The molecule has 1 saturated carbocycles. The Morgan fingerprint density at radius 1 is 0.943 bits per heavy atom. The predicted molar refractivity (Wildman–Crippen MR) is 143 cm³/mol. The number of rotatable bonds is 7. The summed E-state index contributed by atoms with van der Waals surface area (Å²) in [7, 11) is -1.89. The highest BCUT2D eigenvalue weighted by molar-refractivity contribution is 6.74. The molecular weight excluding hydrogens is 452 g/mol. The van der Waals surface area contributed by atoms with Gasteiger partial charge in [0.15, 0.2) is 5.76 Å². The Kier molecular flexibility index (Phi) is 6.40. The van der Waals surface area contributed by atoms with Gasteiger partial charge >= 0.3 is 0 Å². The van der Waals surface area contributed by atoms with Crippen LogP contribution >= 0.6 is 0 Å². The molecule has 2 fully saturated rings. The molecule has 1 aliphatic heterocycles. The van der Waals surface area contributed by atoms with Crippen molar-refractivity contribution in [3.8, 4) is 28.1 Å². The van der Waals surface area contributed by atoms with Gasteiger partial charge in [0.25, 0.3) is 0 Å². The van der Waals surface area contributed by atoms with E-state index in [1.165, 1.54) is 0 Å². The first-order valence-corrected chi connectivity index (χ1v) is 15.7. The number of ether oxygens (including phenoxy) is 1. The largest absolute Gasteiger partial charge is 0.544 e. The van der Waals surface area contributed by atoms with Crippen LogP contribution in [0.25, 0.3) is 22.4 Å². The van der Waals surface area contributed by atoms with Crippen molar-refractivity contribution >= 4 is 8.32 Å². The minimum Gasteiger partial charge on any atom is -0.544 e. The summed E-state index contributed by atoms with van der Waals surface area (Å²) in [6.07, 6.45) is 2.27. The van der Waals surface area contributed by atoms with E-state index in [1.54, 1.807) is 0 Å². The third kappa shape index (κ3) is 4.97. The van der Waals surface area contributed by atoms with Crippen molar-refractivity contribution in [2.45, 2.75) is 57.2 Å². The Bertz CT molecular complexity index is 1140. The van der Waals surface area contributed by atoms with Gasteiger partial charge in [-0.3, -0.25) is 4.90 Å². The molecule has 2 aromatic carbocycles. The lowest BCUT2D eigenvalue weighted by Gasteiger charge is -2.36. The lowest BCUT2D eigenvalue weighted by Crippen LogP contribution is -2.43. The van der Waals surface area contributed by atoms with Crippen LogP contribution in [0.3, 0.4) is 0 Å². The molecule has 5 rings (SSSR count). The van der Waals surface area contributed by atoms with Crippen molar-refractivity contribution in [2.75, 3.05) is 32.8 Å². The Labute approximate surface area is 210 Å². The zero-order valence-corrected chi connectivity index (χ0v) is 22.8. The molecule has 2 heterocycles. The first-order valence-electron chi connectivity index (χ1n) is 12.8. The van der Waals surface area contributed by atoms with E-state index >= 15 is 0 Å². The predicted octanol–water partition coefficient (Wildman–Crippen LogP) is 6.76. The molecule has 0 radical (unpaired) electrons. The van der Waals surface area contributed by atoms with Crippen molar-refractivity contribution in [1.82, 2.24) is 10.1 Å². The Balaban J connectivity index is 1.48.